The van der Waals surface area contributed by atoms with Gasteiger partial charge in [-0.3, -0.25) is 14.4 Å². The quantitative estimate of drug-likeness (QED) is 0.805. The molecule has 2 aliphatic heterocycles. The van der Waals surface area contributed by atoms with Crippen molar-refractivity contribution in [2.75, 3.05) is 31.3 Å². The van der Waals surface area contributed by atoms with E-state index in [2.05, 4.69) is 5.32 Å². The summed E-state index contributed by atoms with van der Waals surface area (Å²) in [5, 5.41) is 2.85. The van der Waals surface area contributed by atoms with Gasteiger partial charge in [-0.2, -0.15) is 0 Å². The van der Waals surface area contributed by atoms with Gasteiger partial charge in [-0.15, -0.1) is 11.8 Å². The van der Waals surface area contributed by atoms with E-state index in [1.54, 1.807) is 16.7 Å². The van der Waals surface area contributed by atoms with E-state index in [1.165, 1.54) is 0 Å². The summed E-state index contributed by atoms with van der Waals surface area (Å²) in [7, 11) is 0. The summed E-state index contributed by atoms with van der Waals surface area (Å²) >= 11 is 1.63. The van der Waals surface area contributed by atoms with Crippen LogP contribution in [0, 0.1) is 5.92 Å². The molecule has 3 rings (SSSR count). The van der Waals surface area contributed by atoms with Crippen LogP contribution in [-0.4, -0.2) is 64.8 Å². The molecule has 1 aliphatic carbocycles. The van der Waals surface area contributed by atoms with Crippen LogP contribution in [0.15, 0.2) is 0 Å². The summed E-state index contributed by atoms with van der Waals surface area (Å²) in [5.74, 6) is 1.53. The number of rotatable bonds is 5. The van der Waals surface area contributed by atoms with Gasteiger partial charge in [0.25, 0.3) is 0 Å². The van der Waals surface area contributed by atoms with Crippen LogP contribution in [-0.2, 0) is 14.4 Å². The highest BCUT2D eigenvalue weighted by Crippen LogP contribution is 2.32. The molecule has 0 aromatic carbocycles. The molecule has 2 heterocycles. The maximum absolute atomic E-state index is 12.4. The first kappa shape index (κ1) is 16.6. The zero-order chi connectivity index (χ0) is 16.2. The van der Waals surface area contributed by atoms with Crippen LogP contribution in [0.3, 0.4) is 0 Å². The third kappa shape index (κ3) is 3.82. The standard InChI is InChI=1S/C16H25N3O3S/c20-14(18-8-1-2-9-18)6-7-17-15(21)13-10-23-11-19(13)16(22)12-4-3-5-12/h12-13H,1-11H2,(H,17,21)/t13-/m0/s1. The third-order valence-electron chi connectivity index (χ3n) is 5.02. The van der Waals surface area contributed by atoms with Gasteiger partial charge in [-0.05, 0) is 25.7 Å². The Morgan fingerprint density at radius 3 is 2.48 bits per heavy atom. The molecule has 0 bridgehead atoms. The largest absolute Gasteiger partial charge is 0.354 e. The van der Waals surface area contributed by atoms with Crippen molar-refractivity contribution in [2.24, 2.45) is 5.92 Å². The van der Waals surface area contributed by atoms with Crippen LogP contribution in [0.2, 0.25) is 0 Å². The lowest BCUT2D eigenvalue weighted by Crippen LogP contribution is -2.50. The molecule has 0 spiro atoms. The molecule has 23 heavy (non-hydrogen) atoms. The van der Waals surface area contributed by atoms with E-state index in [1.807, 2.05) is 4.90 Å². The van der Waals surface area contributed by atoms with Crippen LogP contribution in [0.25, 0.3) is 0 Å². The zero-order valence-corrected chi connectivity index (χ0v) is 14.3. The predicted molar refractivity (Wildman–Crippen MR) is 88.7 cm³/mol. The highest BCUT2D eigenvalue weighted by Gasteiger charge is 2.39. The van der Waals surface area contributed by atoms with Crippen LogP contribution in [0.5, 0.6) is 0 Å². The SMILES string of the molecule is O=C(NCCC(=O)N1CCCC1)[C@@H]1CSCN1C(=O)C1CCC1. The Kier molecular flexibility index (Phi) is 5.46. The Morgan fingerprint density at radius 1 is 1.09 bits per heavy atom. The summed E-state index contributed by atoms with van der Waals surface area (Å²) in [6, 6.07) is -0.366. The molecular formula is C16H25N3O3S. The zero-order valence-electron chi connectivity index (χ0n) is 13.5. The van der Waals surface area contributed by atoms with Crippen LogP contribution in [0.1, 0.15) is 38.5 Å². The minimum Gasteiger partial charge on any atom is -0.354 e. The summed E-state index contributed by atoms with van der Waals surface area (Å²) < 4.78 is 0. The lowest BCUT2D eigenvalue weighted by Gasteiger charge is -2.31. The molecule has 7 heteroatoms. The smallest absolute Gasteiger partial charge is 0.243 e. The van der Waals surface area contributed by atoms with Crippen molar-refractivity contribution < 1.29 is 14.4 Å². The van der Waals surface area contributed by atoms with E-state index in [9.17, 15) is 14.4 Å². The number of carbonyl (C=O) groups is 3. The van der Waals surface area contributed by atoms with Gasteiger partial charge < -0.3 is 15.1 Å². The first-order chi connectivity index (χ1) is 11.2. The second kappa shape index (κ2) is 7.55. The molecule has 0 aromatic rings. The molecule has 1 atom stereocenters. The van der Waals surface area contributed by atoms with E-state index in [4.69, 9.17) is 0 Å². The number of likely N-dealkylation sites (tertiary alicyclic amines) is 1. The molecule has 3 fully saturated rings. The maximum atomic E-state index is 12.4. The van der Waals surface area contributed by atoms with Gasteiger partial charge in [0, 0.05) is 37.7 Å². The topological polar surface area (TPSA) is 69.7 Å². The maximum Gasteiger partial charge on any atom is 0.243 e. The number of thioether (sulfide) groups is 1. The Bertz CT molecular complexity index is 475. The molecule has 3 amide bonds. The second-order valence-corrected chi connectivity index (χ2v) is 7.58. The van der Waals surface area contributed by atoms with Crippen LogP contribution >= 0.6 is 11.8 Å². The lowest BCUT2D eigenvalue weighted by atomic mass is 9.84. The Balaban J connectivity index is 1.43. The summed E-state index contributed by atoms with van der Waals surface area (Å²) in [6.07, 6.45) is 5.54. The first-order valence-electron chi connectivity index (χ1n) is 8.60. The van der Waals surface area contributed by atoms with Gasteiger partial charge in [0.2, 0.25) is 17.7 Å². The number of amides is 3. The fourth-order valence-electron chi connectivity index (χ4n) is 3.30. The number of hydrogen-bond acceptors (Lipinski definition) is 4. The summed E-state index contributed by atoms with van der Waals surface area (Å²) in [6.45, 7) is 2.05. The second-order valence-electron chi connectivity index (χ2n) is 6.58. The van der Waals surface area contributed by atoms with Crippen LogP contribution in [0.4, 0.5) is 0 Å². The van der Waals surface area contributed by atoms with Crippen molar-refractivity contribution in [1.82, 2.24) is 15.1 Å². The van der Waals surface area contributed by atoms with Crippen molar-refractivity contribution in [2.45, 2.75) is 44.6 Å². The Morgan fingerprint density at radius 2 is 1.83 bits per heavy atom. The van der Waals surface area contributed by atoms with Crippen molar-refractivity contribution in [3.8, 4) is 0 Å². The minimum absolute atomic E-state index is 0.114. The fraction of sp³-hybridized carbons (Fsp3) is 0.812. The predicted octanol–water partition coefficient (Wildman–Crippen LogP) is 0.817. The van der Waals surface area contributed by atoms with E-state index in [0.29, 0.717) is 24.6 Å². The van der Waals surface area contributed by atoms with Gasteiger partial charge in [-0.1, -0.05) is 6.42 Å². The first-order valence-corrected chi connectivity index (χ1v) is 9.76. The molecule has 0 radical (unpaired) electrons. The molecule has 0 unspecified atom stereocenters. The van der Waals surface area contributed by atoms with Gasteiger partial charge in [-0.25, -0.2) is 0 Å². The number of nitrogens with one attached hydrogen (secondary N) is 1. The summed E-state index contributed by atoms with van der Waals surface area (Å²) in [5.41, 5.74) is 0. The van der Waals surface area contributed by atoms with Crippen molar-refractivity contribution in [1.29, 1.82) is 0 Å². The molecule has 1 saturated carbocycles. The number of nitrogens with zero attached hydrogens (tertiary/aromatic N) is 2. The van der Waals surface area contributed by atoms with Gasteiger partial charge in [0.05, 0.1) is 5.88 Å². The Labute approximate surface area is 141 Å². The molecule has 0 aromatic heterocycles. The molecule has 2 saturated heterocycles. The highest BCUT2D eigenvalue weighted by atomic mass is 32.2. The fourth-order valence-corrected chi connectivity index (χ4v) is 4.47. The molecule has 1 N–H and O–H groups in total. The average molecular weight is 339 g/mol. The highest BCUT2D eigenvalue weighted by molar-refractivity contribution is 7.99. The van der Waals surface area contributed by atoms with E-state index >= 15 is 0 Å². The number of carbonyl (C=O) groups excluding carboxylic acids is 3. The van der Waals surface area contributed by atoms with E-state index < -0.39 is 0 Å². The van der Waals surface area contributed by atoms with Gasteiger partial charge in [0.15, 0.2) is 0 Å². The molecule has 6 nitrogen and oxygen atoms in total. The monoisotopic (exact) mass is 339 g/mol. The van der Waals surface area contributed by atoms with E-state index in [0.717, 1.165) is 45.2 Å². The van der Waals surface area contributed by atoms with Crippen molar-refractivity contribution >= 4 is 29.5 Å². The minimum atomic E-state index is -0.366. The van der Waals surface area contributed by atoms with Crippen molar-refractivity contribution in [3.05, 3.63) is 0 Å². The van der Waals surface area contributed by atoms with Crippen LogP contribution < -0.4 is 5.32 Å². The normalized spacial score (nSPS) is 24.6. The van der Waals surface area contributed by atoms with E-state index in [-0.39, 0.29) is 29.7 Å². The third-order valence-corrected chi connectivity index (χ3v) is 6.03. The molecule has 128 valence electrons. The molecular weight excluding hydrogens is 314 g/mol. The Hall–Kier alpha value is -1.24. The summed E-state index contributed by atoms with van der Waals surface area (Å²) in [4.78, 5) is 40.3. The molecule has 3 aliphatic rings. The van der Waals surface area contributed by atoms with Gasteiger partial charge in [0.1, 0.15) is 6.04 Å². The lowest BCUT2D eigenvalue weighted by molar-refractivity contribution is -0.143. The number of hydrogen-bond donors (Lipinski definition) is 1. The average Bonchev–Trinajstić information content (AvgIpc) is 3.16. The van der Waals surface area contributed by atoms with Crippen molar-refractivity contribution in [3.63, 3.8) is 0 Å². The van der Waals surface area contributed by atoms with Gasteiger partial charge >= 0.3 is 0 Å².